The minimum atomic E-state index is -0.508. The SMILES string of the molecule is CCOC(=O)c1cc2cc(Cl)cnc2nc1Cl. The largest absolute Gasteiger partial charge is 0.462 e. The molecule has 0 bridgehead atoms. The van der Waals surface area contributed by atoms with E-state index in [1.54, 1.807) is 19.1 Å². The molecule has 0 aliphatic rings. The van der Waals surface area contributed by atoms with Crippen LogP contribution in [-0.4, -0.2) is 22.5 Å². The second-order valence-electron chi connectivity index (χ2n) is 3.25. The average Bonchev–Trinajstić information content (AvgIpc) is 2.29. The van der Waals surface area contributed by atoms with Crippen LogP contribution in [0.5, 0.6) is 0 Å². The van der Waals surface area contributed by atoms with Gasteiger partial charge in [0.1, 0.15) is 5.15 Å². The molecule has 0 unspecified atom stereocenters. The van der Waals surface area contributed by atoms with Crippen LogP contribution in [0.1, 0.15) is 17.3 Å². The third kappa shape index (κ3) is 2.48. The summed E-state index contributed by atoms with van der Waals surface area (Å²) < 4.78 is 4.87. The summed E-state index contributed by atoms with van der Waals surface area (Å²) in [6.07, 6.45) is 1.47. The molecule has 0 aliphatic carbocycles. The van der Waals surface area contributed by atoms with Crippen LogP contribution in [0.2, 0.25) is 10.2 Å². The first-order valence-corrected chi connectivity index (χ1v) is 5.66. The summed E-state index contributed by atoms with van der Waals surface area (Å²) in [5.41, 5.74) is 0.650. The van der Waals surface area contributed by atoms with Crippen molar-refractivity contribution in [3.05, 3.63) is 34.1 Å². The van der Waals surface area contributed by atoms with Crippen LogP contribution < -0.4 is 0 Å². The van der Waals surface area contributed by atoms with E-state index in [2.05, 4.69) is 9.97 Å². The zero-order valence-electron chi connectivity index (χ0n) is 8.91. The van der Waals surface area contributed by atoms with Crippen molar-refractivity contribution >= 4 is 40.2 Å². The average molecular weight is 271 g/mol. The summed E-state index contributed by atoms with van der Waals surface area (Å²) >= 11 is 11.7. The summed E-state index contributed by atoms with van der Waals surface area (Å²) in [6.45, 7) is 2.00. The fourth-order valence-electron chi connectivity index (χ4n) is 1.37. The van der Waals surface area contributed by atoms with Crippen LogP contribution in [0.15, 0.2) is 18.3 Å². The molecule has 0 amide bonds. The van der Waals surface area contributed by atoms with E-state index in [4.69, 9.17) is 27.9 Å². The minimum absolute atomic E-state index is 0.0748. The van der Waals surface area contributed by atoms with E-state index in [1.165, 1.54) is 6.20 Å². The van der Waals surface area contributed by atoms with Gasteiger partial charge in [0.15, 0.2) is 5.65 Å². The lowest BCUT2D eigenvalue weighted by Gasteiger charge is -2.05. The number of hydrogen-bond acceptors (Lipinski definition) is 4. The van der Waals surface area contributed by atoms with Gasteiger partial charge in [-0.2, -0.15) is 0 Å². The highest BCUT2D eigenvalue weighted by Crippen LogP contribution is 2.22. The van der Waals surface area contributed by atoms with Crippen LogP contribution in [0, 0.1) is 0 Å². The van der Waals surface area contributed by atoms with Crippen molar-refractivity contribution in [2.24, 2.45) is 0 Å². The Bertz CT molecular complexity index is 587. The van der Waals surface area contributed by atoms with Gasteiger partial charge in [-0.25, -0.2) is 14.8 Å². The topological polar surface area (TPSA) is 52.1 Å². The van der Waals surface area contributed by atoms with E-state index in [0.29, 0.717) is 16.1 Å². The predicted molar refractivity (Wildman–Crippen MR) is 65.5 cm³/mol. The molecular formula is C11H8Cl2N2O2. The Morgan fingerprint density at radius 2 is 2.18 bits per heavy atom. The number of carbonyl (C=O) groups excluding carboxylic acids is 1. The Kier molecular flexibility index (Phi) is 3.45. The quantitative estimate of drug-likeness (QED) is 0.622. The normalized spacial score (nSPS) is 10.5. The predicted octanol–water partition coefficient (Wildman–Crippen LogP) is 3.11. The maximum atomic E-state index is 11.6. The first-order chi connectivity index (χ1) is 8.11. The second kappa shape index (κ2) is 4.85. The second-order valence-corrected chi connectivity index (χ2v) is 4.04. The third-order valence-electron chi connectivity index (χ3n) is 2.08. The van der Waals surface area contributed by atoms with Crippen LogP contribution in [0.3, 0.4) is 0 Å². The molecule has 0 aromatic carbocycles. The van der Waals surface area contributed by atoms with Crippen molar-refractivity contribution in [3.8, 4) is 0 Å². The molecule has 6 heteroatoms. The molecule has 0 N–H and O–H groups in total. The van der Waals surface area contributed by atoms with Gasteiger partial charge in [0, 0.05) is 11.6 Å². The minimum Gasteiger partial charge on any atom is -0.462 e. The highest BCUT2D eigenvalue weighted by atomic mass is 35.5. The standard InChI is InChI=1S/C11H8Cl2N2O2/c1-2-17-11(16)8-4-6-3-7(12)5-14-10(6)15-9(8)13/h3-5H,2H2,1H3. The number of nitrogens with zero attached hydrogens (tertiary/aromatic N) is 2. The molecule has 2 heterocycles. The van der Waals surface area contributed by atoms with Crippen LogP contribution in [0.25, 0.3) is 11.0 Å². The number of ether oxygens (including phenoxy) is 1. The molecule has 2 aromatic rings. The van der Waals surface area contributed by atoms with Gasteiger partial charge in [-0.1, -0.05) is 23.2 Å². The van der Waals surface area contributed by atoms with Crippen molar-refractivity contribution in [1.29, 1.82) is 0 Å². The third-order valence-corrected chi connectivity index (χ3v) is 2.58. The number of carbonyl (C=O) groups is 1. The zero-order chi connectivity index (χ0) is 12.4. The van der Waals surface area contributed by atoms with Gasteiger partial charge in [0.05, 0.1) is 17.2 Å². The first-order valence-electron chi connectivity index (χ1n) is 4.90. The monoisotopic (exact) mass is 270 g/mol. The smallest absolute Gasteiger partial charge is 0.341 e. The molecule has 0 saturated heterocycles. The number of aromatic nitrogens is 2. The maximum Gasteiger partial charge on any atom is 0.341 e. The molecule has 0 fully saturated rings. The number of pyridine rings is 2. The van der Waals surface area contributed by atoms with E-state index in [-0.39, 0.29) is 17.3 Å². The van der Waals surface area contributed by atoms with Gasteiger partial charge in [-0.3, -0.25) is 0 Å². The van der Waals surface area contributed by atoms with Crippen molar-refractivity contribution in [2.75, 3.05) is 6.61 Å². The first kappa shape index (κ1) is 12.1. The van der Waals surface area contributed by atoms with Gasteiger partial charge in [-0.05, 0) is 19.1 Å². The Hall–Kier alpha value is -1.39. The molecule has 88 valence electrons. The molecule has 0 spiro atoms. The molecule has 17 heavy (non-hydrogen) atoms. The van der Waals surface area contributed by atoms with E-state index in [9.17, 15) is 4.79 Å². The Labute approximate surface area is 108 Å². The number of rotatable bonds is 2. The summed E-state index contributed by atoms with van der Waals surface area (Å²) in [5, 5.41) is 1.19. The highest BCUT2D eigenvalue weighted by molar-refractivity contribution is 6.33. The fourth-order valence-corrected chi connectivity index (χ4v) is 1.75. The Morgan fingerprint density at radius 3 is 2.88 bits per heavy atom. The molecule has 0 aliphatic heterocycles. The molecule has 2 rings (SSSR count). The lowest BCUT2D eigenvalue weighted by Crippen LogP contribution is -2.06. The zero-order valence-corrected chi connectivity index (χ0v) is 10.4. The van der Waals surface area contributed by atoms with E-state index in [0.717, 1.165) is 0 Å². The van der Waals surface area contributed by atoms with Crippen molar-refractivity contribution in [2.45, 2.75) is 6.92 Å². The Morgan fingerprint density at radius 1 is 1.41 bits per heavy atom. The molecule has 0 atom stereocenters. The van der Waals surface area contributed by atoms with Gasteiger partial charge >= 0.3 is 5.97 Å². The van der Waals surface area contributed by atoms with Crippen molar-refractivity contribution in [3.63, 3.8) is 0 Å². The summed E-state index contributed by atoms with van der Waals surface area (Å²) in [5.74, 6) is -0.508. The fraction of sp³-hybridized carbons (Fsp3) is 0.182. The molecule has 0 saturated carbocycles. The van der Waals surface area contributed by atoms with Gasteiger partial charge < -0.3 is 4.74 Å². The van der Waals surface area contributed by atoms with Gasteiger partial charge in [0.25, 0.3) is 0 Å². The molecule has 2 aromatic heterocycles. The lowest BCUT2D eigenvalue weighted by atomic mass is 10.2. The Balaban J connectivity index is 2.57. The van der Waals surface area contributed by atoms with Gasteiger partial charge in [0.2, 0.25) is 0 Å². The summed E-state index contributed by atoms with van der Waals surface area (Å²) in [6, 6.07) is 3.23. The van der Waals surface area contributed by atoms with Crippen molar-refractivity contribution < 1.29 is 9.53 Å². The highest BCUT2D eigenvalue weighted by Gasteiger charge is 2.14. The summed E-state index contributed by atoms with van der Waals surface area (Å²) in [7, 11) is 0. The molecule has 0 radical (unpaired) electrons. The van der Waals surface area contributed by atoms with Crippen molar-refractivity contribution in [1.82, 2.24) is 9.97 Å². The van der Waals surface area contributed by atoms with Crippen LogP contribution in [0.4, 0.5) is 0 Å². The number of hydrogen-bond donors (Lipinski definition) is 0. The van der Waals surface area contributed by atoms with E-state index < -0.39 is 5.97 Å². The number of esters is 1. The maximum absolute atomic E-state index is 11.6. The van der Waals surface area contributed by atoms with Crippen LogP contribution in [-0.2, 0) is 4.74 Å². The number of halogens is 2. The van der Waals surface area contributed by atoms with Gasteiger partial charge in [-0.15, -0.1) is 0 Å². The number of fused-ring (bicyclic) bond motifs is 1. The van der Waals surface area contributed by atoms with E-state index in [1.807, 2.05) is 0 Å². The molecule has 4 nitrogen and oxygen atoms in total. The summed E-state index contributed by atoms with van der Waals surface area (Å²) in [4.78, 5) is 19.6. The van der Waals surface area contributed by atoms with Crippen LogP contribution >= 0.6 is 23.2 Å². The molecular weight excluding hydrogens is 263 g/mol. The lowest BCUT2D eigenvalue weighted by molar-refractivity contribution is 0.0526. The van der Waals surface area contributed by atoms with E-state index >= 15 is 0 Å².